The molecule has 25 heavy (non-hydrogen) atoms. The number of fused-ring (bicyclic) bond motifs is 1. The molecule has 3 rings (SSSR count). The number of rotatable bonds is 3. The zero-order valence-electron chi connectivity index (χ0n) is 12.6. The van der Waals surface area contributed by atoms with Crippen LogP contribution in [0.15, 0.2) is 30.3 Å². The van der Waals surface area contributed by atoms with Crippen molar-refractivity contribution in [2.45, 2.75) is 6.18 Å². The van der Waals surface area contributed by atoms with Gasteiger partial charge in [-0.2, -0.15) is 18.3 Å². The van der Waals surface area contributed by atoms with Gasteiger partial charge in [0.15, 0.2) is 17.0 Å². The third-order valence-electron chi connectivity index (χ3n) is 3.44. The number of nitrogens with zero attached hydrogens (tertiary/aromatic N) is 3. The number of carbonyl (C=O) groups is 1. The number of hydrogen-bond acceptors (Lipinski definition) is 4. The molecule has 0 fully saturated rings. The van der Waals surface area contributed by atoms with Crippen LogP contribution in [0.25, 0.3) is 16.9 Å². The number of aromatic nitrogens is 3. The summed E-state index contributed by atoms with van der Waals surface area (Å²) in [4.78, 5) is 15.4. The van der Waals surface area contributed by atoms with Gasteiger partial charge >= 0.3 is 6.18 Å². The van der Waals surface area contributed by atoms with Crippen molar-refractivity contribution >= 4 is 23.2 Å². The third-order valence-corrected chi connectivity index (χ3v) is 3.79. The highest BCUT2D eigenvalue weighted by atomic mass is 35.5. The molecule has 0 aliphatic rings. The Hall–Kier alpha value is -2.81. The van der Waals surface area contributed by atoms with E-state index < -0.39 is 23.5 Å². The molecule has 1 aromatic carbocycles. The second-order valence-electron chi connectivity index (χ2n) is 5.02. The maximum absolute atomic E-state index is 13.4. The number of hydrogen-bond donors (Lipinski definition) is 1. The van der Waals surface area contributed by atoms with Gasteiger partial charge in [-0.15, -0.1) is 0 Å². The molecule has 0 aliphatic heterocycles. The van der Waals surface area contributed by atoms with Gasteiger partial charge in [-0.05, 0) is 30.3 Å². The fourth-order valence-electron chi connectivity index (χ4n) is 2.26. The van der Waals surface area contributed by atoms with Crippen molar-refractivity contribution in [3.63, 3.8) is 0 Å². The number of carbonyl (C=O) groups excluding carboxylic acids is 1. The standard InChI is InChI=1S/C15H10ClF3N4O2/c1-25-8-4-2-7(3-5-8)9-6-10(15(17,18)19)23-14(21-9)11(16)12(22-23)13(20)24/h2-6H,1H3,(H2,20,24). The Kier molecular flexibility index (Phi) is 4.03. The van der Waals surface area contributed by atoms with Gasteiger partial charge in [-0.25, -0.2) is 9.50 Å². The van der Waals surface area contributed by atoms with E-state index in [0.717, 1.165) is 6.07 Å². The summed E-state index contributed by atoms with van der Waals surface area (Å²) in [7, 11) is 1.47. The lowest BCUT2D eigenvalue weighted by Crippen LogP contribution is -2.15. The lowest BCUT2D eigenvalue weighted by atomic mass is 10.1. The van der Waals surface area contributed by atoms with Crippen LogP contribution >= 0.6 is 11.6 Å². The van der Waals surface area contributed by atoms with Crippen LogP contribution in [0.1, 0.15) is 16.2 Å². The Bertz CT molecular complexity index is 968. The number of halogens is 4. The van der Waals surface area contributed by atoms with E-state index in [1.165, 1.54) is 7.11 Å². The molecule has 0 atom stereocenters. The average molecular weight is 371 g/mol. The van der Waals surface area contributed by atoms with E-state index in [-0.39, 0.29) is 16.4 Å². The summed E-state index contributed by atoms with van der Waals surface area (Å²) >= 11 is 5.95. The van der Waals surface area contributed by atoms with Crippen LogP contribution in [0.4, 0.5) is 13.2 Å². The van der Waals surface area contributed by atoms with Crippen LogP contribution in [0.2, 0.25) is 5.02 Å². The molecular formula is C15H10ClF3N4O2. The van der Waals surface area contributed by atoms with Gasteiger partial charge in [0.05, 0.1) is 12.8 Å². The Balaban J connectivity index is 2.30. The van der Waals surface area contributed by atoms with Crippen molar-refractivity contribution < 1.29 is 22.7 Å². The first-order valence-electron chi connectivity index (χ1n) is 6.83. The minimum atomic E-state index is -4.74. The predicted molar refractivity (Wildman–Crippen MR) is 83.5 cm³/mol. The number of amides is 1. The number of primary amides is 1. The molecular weight excluding hydrogens is 361 g/mol. The van der Waals surface area contributed by atoms with Crippen LogP contribution < -0.4 is 10.5 Å². The molecule has 2 heterocycles. The zero-order valence-corrected chi connectivity index (χ0v) is 13.4. The summed E-state index contributed by atoms with van der Waals surface area (Å²) in [6.07, 6.45) is -4.74. The summed E-state index contributed by atoms with van der Waals surface area (Å²) in [5.41, 5.74) is 3.60. The molecule has 0 aliphatic carbocycles. The summed E-state index contributed by atoms with van der Waals surface area (Å²) in [5, 5.41) is 3.21. The van der Waals surface area contributed by atoms with Crippen molar-refractivity contribution in [2.75, 3.05) is 7.11 Å². The summed E-state index contributed by atoms with van der Waals surface area (Å²) in [6.45, 7) is 0. The van der Waals surface area contributed by atoms with Crippen molar-refractivity contribution in [1.82, 2.24) is 14.6 Å². The highest BCUT2D eigenvalue weighted by molar-refractivity contribution is 6.36. The van der Waals surface area contributed by atoms with Gasteiger partial charge in [-0.3, -0.25) is 4.79 Å². The topological polar surface area (TPSA) is 82.5 Å². The van der Waals surface area contributed by atoms with E-state index in [9.17, 15) is 18.0 Å². The van der Waals surface area contributed by atoms with Gasteiger partial charge < -0.3 is 10.5 Å². The Labute approximate surface area is 144 Å². The first kappa shape index (κ1) is 17.0. The fraction of sp³-hybridized carbons (Fsp3) is 0.133. The second-order valence-corrected chi connectivity index (χ2v) is 5.39. The molecule has 1 amide bonds. The first-order chi connectivity index (χ1) is 11.7. The van der Waals surface area contributed by atoms with Gasteiger partial charge in [0.2, 0.25) is 0 Å². The Morgan fingerprint density at radius 2 is 1.92 bits per heavy atom. The van der Waals surface area contributed by atoms with Gasteiger partial charge in [-0.1, -0.05) is 11.6 Å². The van der Waals surface area contributed by atoms with E-state index in [1.54, 1.807) is 24.3 Å². The third kappa shape index (κ3) is 2.98. The van der Waals surface area contributed by atoms with Crippen LogP contribution in [-0.2, 0) is 6.18 Å². The normalized spacial score (nSPS) is 11.7. The predicted octanol–water partition coefficient (Wildman–Crippen LogP) is 3.18. The Morgan fingerprint density at radius 3 is 2.44 bits per heavy atom. The summed E-state index contributed by atoms with van der Waals surface area (Å²) < 4.78 is 45.7. The van der Waals surface area contributed by atoms with Crippen LogP contribution in [0.5, 0.6) is 5.75 Å². The highest BCUT2D eigenvalue weighted by Gasteiger charge is 2.36. The molecule has 0 saturated carbocycles. The smallest absolute Gasteiger partial charge is 0.433 e. The van der Waals surface area contributed by atoms with Gasteiger partial charge in [0.1, 0.15) is 10.8 Å². The van der Waals surface area contributed by atoms with E-state index >= 15 is 0 Å². The van der Waals surface area contributed by atoms with Gasteiger partial charge in [0, 0.05) is 5.56 Å². The Morgan fingerprint density at radius 1 is 1.28 bits per heavy atom. The second kappa shape index (κ2) is 5.92. The van der Waals surface area contributed by atoms with Crippen LogP contribution in [0, 0.1) is 0 Å². The van der Waals surface area contributed by atoms with Crippen LogP contribution in [-0.4, -0.2) is 27.6 Å². The average Bonchev–Trinajstić information content (AvgIpc) is 2.90. The monoisotopic (exact) mass is 370 g/mol. The number of nitrogens with two attached hydrogens (primary N) is 1. The first-order valence-corrected chi connectivity index (χ1v) is 7.21. The minimum absolute atomic E-state index is 0.0142. The zero-order chi connectivity index (χ0) is 18.4. The SMILES string of the molecule is COc1ccc(-c2cc(C(F)(F)F)n3nc(C(N)=O)c(Cl)c3n2)cc1. The molecule has 0 spiro atoms. The van der Waals surface area contributed by atoms with Crippen molar-refractivity contribution in [3.05, 3.63) is 46.7 Å². The lowest BCUT2D eigenvalue weighted by molar-refractivity contribution is -0.142. The number of alkyl halides is 3. The molecule has 0 unspecified atom stereocenters. The maximum Gasteiger partial charge on any atom is 0.433 e. The largest absolute Gasteiger partial charge is 0.497 e. The van der Waals surface area contributed by atoms with E-state index in [2.05, 4.69) is 10.1 Å². The fourth-order valence-corrected chi connectivity index (χ4v) is 2.51. The lowest BCUT2D eigenvalue weighted by Gasteiger charge is -2.11. The van der Waals surface area contributed by atoms with Crippen molar-refractivity contribution in [1.29, 1.82) is 0 Å². The minimum Gasteiger partial charge on any atom is -0.497 e. The highest BCUT2D eigenvalue weighted by Crippen LogP contribution is 2.34. The molecule has 6 nitrogen and oxygen atoms in total. The maximum atomic E-state index is 13.4. The number of benzene rings is 1. The summed E-state index contributed by atoms with van der Waals surface area (Å²) in [6, 6.07) is 7.10. The molecule has 0 bridgehead atoms. The molecule has 0 saturated heterocycles. The quantitative estimate of drug-likeness (QED) is 0.767. The molecule has 130 valence electrons. The molecule has 3 aromatic rings. The van der Waals surface area contributed by atoms with E-state index in [0.29, 0.717) is 15.8 Å². The van der Waals surface area contributed by atoms with E-state index in [1.807, 2.05) is 0 Å². The summed E-state index contributed by atoms with van der Waals surface area (Å²) in [5.74, 6) is -0.506. The van der Waals surface area contributed by atoms with Crippen molar-refractivity contribution in [2.24, 2.45) is 5.73 Å². The van der Waals surface area contributed by atoms with Crippen molar-refractivity contribution in [3.8, 4) is 17.0 Å². The number of methoxy groups -OCH3 is 1. The molecule has 10 heteroatoms. The molecule has 2 aromatic heterocycles. The molecule has 0 radical (unpaired) electrons. The van der Waals surface area contributed by atoms with Gasteiger partial charge in [0.25, 0.3) is 5.91 Å². The molecule has 2 N–H and O–H groups in total. The number of ether oxygens (including phenoxy) is 1. The van der Waals surface area contributed by atoms with E-state index in [4.69, 9.17) is 22.1 Å². The van der Waals surface area contributed by atoms with Crippen LogP contribution in [0.3, 0.4) is 0 Å².